The van der Waals surface area contributed by atoms with Crippen LogP contribution in [-0.2, 0) is 26.0 Å². The van der Waals surface area contributed by atoms with Crippen molar-refractivity contribution in [2.45, 2.75) is 21.2 Å². The molecule has 0 unspecified atom stereocenters. The van der Waals surface area contributed by atoms with Crippen LogP contribution < -0.4 is 33.3 Å². The summed E-state index contributed by atoms with van der Waals surface area (Å²) in [6.07, 6.45) is -4.82. The molecule has 13 nitrogen and oxygen atoms in total. The fraction of sp³-hybridized carbons (Fsp3) is 0.222. The number of rotatable bonds is 5. The first kappa shape index (κ1) is 25.6. The second kappa shape index (κ2) is 8.59. The molecule has 1 aliphatic heterocycles. The molecule has 194 valence electrons. The summed E-state index contributed by atoms with van der Waals surface area (Å²) in [6.45, 7) is 0.106. The van der Waals surface area contributed by atoms with Crippen LogP contribution in [-0.4, -0.2) is 51.0 Å². The third kappa shape index (κ3) is 4.22. The lowest BCUT2D eigenvalue weighted by atomic mass is 9.95. The molecule has 2 aromatic carbocycles. The molecule has 2 heterocycles. The average molecular weight is 548 g/mol. The predicted molar refractivity (Wildman–Crippen MR) is 124 cm³/mol. The quantitative estimate of drug-likeness (QED) is 0.0918. The van der Waals surface area contributed by atoms with Crippen molar-refractivity contribution in [1.82, 2.24) is 20.7 Å². The highest BCUT2D eigenvalue weighted by molar-refractivity contribution is 7.94. The Balaban J connectivity index is 2.19. The van der Waals surface area contributed by atoms with Gasteiger partial charge in [0.15, 0.2) is 21.6 Å². The lowest BCUT2D eigenvalue weighted by Crippen LogP contribution is -2.51. The van der Waals surface area contributed by atoms with Crippen LogP contribution >= 0.6 is 0 Å². The zero-order valence-corrected chi connectivity index (χ0v) is 19.7. The first-order valence-corrected chi connectivity index (χ1v) is 13.1. The van der Waals surface area contributed by atoms with Crippen LogP contribution in [0.2, 0.25) is 0 Å². The number of imidazole rings is 1. The highest BCUT2D eigenvalue weighted by atomic mass is 32.2. The highest BCUT2D eigenvalue weighted by Gasteiger charge is 2.39. The fourth-order valence-electron chi connectivity index (χ4n) is 3.87. The van der Waals surface area contributed by atoms with Crippen molar-refractivity contribution in [1.29, 1.82) is 0 Å². The number of hydrogen-bond donors (Lipinski definition) is 7. The number of nitrogen functional groups attached to an aromatic ring is 1. The van der Waals surface area contributed by atoms with Gasteiger partial charge in [0.1, 0.15) is 4.90 Å². The van der Waals surface area contributed by atoms with Crippen molar-refractivity contribution in [2.75, 3.05) is 18.8 Å². The molecule has 4 rings (SSSR count). The van der Waals surface area contributed by atoms with Crippen molar-refractivity contribution >= 4 is 42.7 Å². The molecule has 0 radical (unpaired) electrons. The van der Waals surface area contributed by atoms with Crippen LogP contribution in [0.25, 0.3) is 22.2 Å². The number of hydrazone groups is 1. The van der Waals surface area contributed by atoms with E-state index in [1.807, 2.05) is 5.43 Å². The van der Waals surface area contributed by atoms with E-state index in [2.05, 4.69) is 20.4 Å². The molecular weight excluding hydrogens is 527 g/mol. The SMILES string of the molecule is N/N=C(\NN)c1c(-c2cc(C(F)(F)F)cc3[nH]c(N)nc23)ccc(S(=O)(=O)C2CNC2)c1S(N)(=O)=O. The summed E-state index contributed by atoms with van der Waals surface area (Å²) < 4.78 is 93.1. The van der Waals surface area contributed by atoms with Gasteiger partial charge in [-0.25, -0.2) is 32.8 Å². The van der Waals surface area contributed by atoms with E-state index in [0.29, 0.717) is 6.07 Å². The number of nitrogens with two attached hydrogens (primary N) is 4. The summed E-state index contributed by atoms with van der Waals surface area (Å²) in [5.41, 5.74) is 5.31. The van der Waals surface area contributed by atoms with Crippen molar-refractivity contribution in [3.63, 3.8) is 0 Å². The number of hydrazine groups is 1. The summed E-state index contributed by atoms with van der Waals surface area (Å²) in [5, 5.41) is 10.6. The number of anilines is 1. The number of aromatic amines is 1. The molecule has 1 saturated heterocycles. The summed E-state index contributed by atoms with van der Waals surface area (Å²) >= 11 is 0. The molecule has 3 aromatic rings. The summed E-state index contributed by atoms with van der Waals surface area (Å²) in [7, 11) is -9.12. The number of aromatic nitrogens is 2. The number of sulfonamides is 1. The van der Waals surface area contributed by atoms with E-state index in [1.54, 1.807) is 0 Å². The van der Waals surface area contributed by atoms with Gasteiger partial charge in [0, 0.05) is 24.2 Å². The fourth-order valence-corrected chi connectivity index (χ4v) is 7.06. The Labute approximate surface area is 202 Å². The van der Waals surface area contributed by atoms with Crippen molar-refractivity contribution < 1.29 is 30.0 Å². The highest BCUT2D eigenvalue weighted by Crippen LogP contribution is 2.41. The van der Waals surface area contributed by atoms with Crippen LogP contribution in [0.5, 0.6) is 0 Å². The minimum atomic E-state index is -4.85. The van der Waals surface area contributed by atoms with Crippen molar-refractivity contribution in [3.8, 4) is 11.1 Å². The molecule has 1 aromatic heterocycles. The Hall–Kier alpha value is -3.45. The maximum atomic E-state index is 13.7. The number of hydrogen-bond acceptors (Lipinski definition) is 10. The molecular formula is C18H20F3N9O4S2. The van der Waals surface area contributed by atoms with E-state index in [-0.39, 0.29) is 41.2 Å². The molecule has 0 atom stereocenters. The number of halogens is 3. The molecule has 18 heteroatoms. The minimum Gasteiger partial charge on any atom is -0.369 e. The normalized spacial score (nSPS) is 15.8. The number of H-pyrrole nitrogens is 1. The number of nitrogens with zero attached hydrogens (tertiary/aromatic N) is 2. The lowest BCUT2D eigenvalue weighted by Gasteiger charge is -2.28. The van der Waals surface area contributed by atoms with Gasteiger partial charge >= 0.3 is 6.18 Å². The number of benzene rings is 2. The lowest BCUT2D eigenvalue weighted by molar-refractivity contribution is -0.137. The zero-order valence-electron chi connectivity index (χ0n) is 18.1. The molecule has 0 saturated carbocycles. The third-order valence-electron chi connectivity index (χ3n) is 5.62. The van der Waals surface area contributed by atoms with E-state index < -0.39 is 58.0 Å². The van der Waals surface area contributed by atoms with Gasteiger partial charge in [0.25, 0.3) is 0 Å². The van der Waals surface area contributed by atoms with Gasteiger partial charge in [-0.15, -0.1) is 0 Å². The maximum Gasteiger partial charge on any atom is 0.416 e. The second-order valence-electron chi connectivity index (χ2n) is 7.85. The Morgan fingerprint density at radius 2 is 1.81 bits per heavy atom. The largest absolute Gasteiger partial charge is 0.416 e. The number of amidine groups is 1. The second-order valence-corrected chi connectivity index (χ2v) is 11.5. The number of fused-ring (bicyclic) bond motifs is 1. The maximum absolute atomic E-state index is 13.7. The standard InChI is InChI=1S/C18H20F3N9O4S2/c19-18(20,21)7-3-10(14-11(4-7)27-17(22)28-14)9-1-2-12(35(31,32)8-5-26-6-8)15(36(25,33)34)13(9)16(29-23)30-24/h1-4,8,26H,5-6,23-24H2,(H,29,30)(H3,22,27,28)(H2,25,33,34). The van der Waals surface area contributed by atoms with Gasteiger partial charge in [0.2, 0.25) is 10.0 Å². The number of sulfone groups is 1. The Morgan fingerprint density at radius 1 is 1.14 bits per heavy atom. The third-order valence-corrected chi connectivity index (χ3v) is 8.91. The summed E-state index contributed by atoms with van der Waals surface area (Å²) in [4.78, 5) is 4.87. The van der Waals surface area contributed by atoms with Crippen LogP contribution in [0.15, 0.2) is 39.2 Å². The van der Waals surface area contributed by atoms with E-state index in [1.165, 1.54) is 0 Å². The van der Waals surface area contributed by atoms with Crippen molar-refractivity contribution in [3.05, 3.63) is 35.4 Å². The topological polar surface area (TPSA) is 237 Å². The summed E-state index contributed by atoms with van der Waals surface area (Å²) in [5.74, 6) is 10.1. The van der Waals surface area contributed by atoms with Crippen molar-refractivity contribution in [2.24, 2.45) is 21.9 Å². The van der Waals surface area contributed by atoms with Gasteiger partial charge in [-0.3, -0.25) is 0 Å². The number of primary sulfonamides is 1. The zero-order chi connectivity index (χ0) is 26.6. The minimum absolute atomic E-state index is 0.0528. The van der Waals surface area contributed by atoms with Gasteiger partial charge in [-0.05, 0) is 23.8 Å². The monoisotopic (exact) mass is 547 g/mol. The van der Waals surface area contributed by atoms with Gasteiger partial charge in [-0.2, -0.15) is 18.3 Å². The first-order valence-electron chi connectivity index (χ1n) is 9.96. The van der Waals surface area contributed by atoms with E-state index in [9.17, 15) is 30.0 Å². The Bertz CT molecular complexity index is 1610. The van der Waals surface area contributed by atoms with E-state index >= 15 is 0 Å². The average Bonchev–Trinajstić information content (AvgIpc) is 3.10. The van der Waals surface area contributed by atoms with Crippen LogP contribution in [0.4, 0.5) is 19.1 Å². The Kier molecular flexibility index (Phi) is 6.12. The summed E-state index contributed by atoms with van der Waals surface area (Å²) in [6, 6.07) is 3.51. The predicted octanol–water partition coefficient (Wildman–Crippen LogP) is -0.693. The van der Waals surface area contributed by atoms with Gasteiger partial charge in [-0.1, -0.05) is 6.07 Å². The molecule has 1 fully saturated rings. The van der Waals surface area contributed by atoms with E-state index in [0.717, 1.165) is 18.2 Å². The van der Waals surface area contributed by atoms with Crippen LogP contribution in [0.3, 0.4) is 0 Å². The molecule has 0 aliphatic carbocycles. The van der Waals surface area contributed by atoms with Crippen LogP contribution in [0.1, 0.15) is 11.1 Å². The van der Waals surface area contributed by atoms with E-state index in [4.69, 9.17) is 22.6 Å². The first-order chi connectivity index (χ1) is 16.7. The molecule has 1 aliphatic rings. The molecule has 0 bridgehead atoms. The van der Waals surface area contributed by atoms with Gasteiger partial charge < -0.3 is 27.3 Å². The molecule has 0 amide bonds. The molecule has 0 spiro atoms. The Morgan fingerprint density at radius 3 is 2.31 bits per heavy atom. The van der Waals surface area contributed by atoms with Crippen LogP contribution in [0, 0.1) is 0 Å². The number of nitrogens with one attached hydrogen (secondary N) is 3. The van der Waals surface area contributed by atoms with Gasteiger partial charge in [0.05, 0.1) is 26.7 Å². The smallest absolute Gasteiger partial charge is 0.369 e. The molecule has 11 N–H and O–H groups in total. The molecule has 36 heavy (non-hydrogen) atoms. The number of alkyl halides is 3.